The molecule has 0 radical (unpaired) electrons. The lowest BCUT2D eigenvalue weighted by molar-refractivity contribution is -0.00457. The Labute approximate surface area is 120 Å². The van der Waals surface area contributed by atoms with Gasteiger partial charge in [-0.2, -0.15) is 5.10 Å². The van der Waals surface area contributed by atoms with Gasteiger partial charge < -0.3 is 5.73 Å². The zero-order valence-electron chi connectivity index (χ0n) is 12.1. The van der Waals surface area contributed by atoms with Crippen LogP contribution in [-0.2, 0) is 6.42 Å². The molecule has 4 fully saturated rings. The minimum absolute atomic E-state index is 0.240. The molecule has 0 aliphatic heterocycles. The van der Waals surface area contributed by atoms with Crippen molar-refractivity contribution in [2.45, 2.75) is 63.3 Å². The Morgan fingerprint density at radius 3 is 2.40 bits per heavy atom. The number of hydrogen-bond donors (Lipinski definition) is 2. The standard InChI is InChI=1S/C17H25N3/c18-13-2-1-3-14-16(13)17(20-19-14)15-11-5-9-4-10(7-11)8-12(15)6-9/h9-13,15H,1-8,18H2,(H,19,20). The highest BCUT2D eigenvalue weighted by molar-refractivity contribution is 5.35. The van der Waals surface area contributed by atoms with Gasteiger partial charge in [0.2, 0.25) is 0 Å². The Hall–Kier alpha value is -0.830. The molecule has 0 amide bonds. The molecule has 4 saturated carbocycles. The summed E-state index contributed by atoms with van der Waals surface area (Å²) in [7, 11) is 0. The monoisotopic (exact) mass is 271 g/mol. The summed E-state index contributed by atoms with van der Waals surface area (Å²) >= 11 is 0. The smallest absolute Gasteiger partial charge is 0.0709 e. The minimum atomic E-state index is 0.240. The average molecular weight is 271 g/mol. The molecular formula is C17H25N3. The van der Waals surface area contributed by atoms with Crippen molar-refractivity contribution in [1.29, 1.82) is 0 Å². The molecular weight excluding hydrogens is 246 g/mol. The Morgan fingerprint density at radius 1 is 1.00 bits per heavy atom. The Kier molecular flexibility index (Phi) is 2.41. The first-order valence-electron chi connectivity index (χ1n) is 8.62. The second-order valence-corrected chi connectivity index (χ2v) is 7.96. The third-order valence-corrected chi connectivity index (χ3v) is 6.77. The van der Waals surface area contributed by atoms with Gasteiger partial charge in [-0.25, -0.2) is 0 Å². The Balaban J connectivity index is 1.56. The van der Waals surface area contributed by atoms with Gasteiger partial charge in [-0.3, -0.25) is 5.10 Å². The molecule has 1 aromatic heterocycles. The van der Waals surface area contributed by atoms with E-state index in [4.69, 9.17) is 10.8 Å². The normalized spacial score (nSPS) is 45.6. The summed E-state index contributed by atoms with van der Waals surface area (Å²) < 4.78 is 0. The van der Waals surface area contributed by atoms with Crippen molar-refractivity contribution in [2.24, 2.45) is 29.4 Å². The van der Waals surface area contributed by atoms with Crippen LogP contribution in [0.4, 0.5) is 0 Å². The Bertz CT molecular complexity index is 504. The molecule has 1 aromatic rings. The molecule has 3 heteroatoms. The van der Waals surface area contributed by atoms with E-state index in [1.54, 1.807) is 0 Å². The number of aromatic nitrogens is 2. The van der Waals surface area contributed by atoms with Crippen LogP contribution in [0, 0.1) is 23.7 Å². The van der Waals surface area contributed by atoms with Gasteiger partial charge >= 0.3 is 0 Å². The second kappa shape index (κ2) is 4.09. The van der Waals surface area contributed by atoms with E-state index in [0.29, 0.717) is 0 Å². The fraction of sp³-hybridized carbons (Fsp3) is 0.824. The lowest BCUT2D eigenvalue weighted by atomic mass is 9.51. The zero-order chi connectivity index (χ0) is 13.3. The van der Waals surface area contributed by atoms with E-state index in [9.17, 15) is 0 Å². The predicted octanol–water partition coefficient (Wildman–Crippen LogP) is 3.29. The first-order chi connectivity index (χ1) is 9.79. The molecule has 5 aliphatic carbocycles. The van der Waals surface area contributed by atoms with E-state index >= 15 is 0 Å². The summed E-state index contributed by atoms with van der Waals surface area (Å²) in [6.45, 7) is 0. The van der Waals surface area contributed by atoms with Crippen molar-refractivity contribution in [3.63, 3.8) is 0 Å². The van der Waals surface area contributed by atoms with Crippen LogP contribution in [0.15, 0.2) is 0 Å². The molecule has 0 aromatic carbocycles. The summed E-state index contributed by atoms with van der Waals surface area (Å²) in [5, 5.41) is 8.12. The molecule has 1 atom stereocenters. The van der Waals surface area contributed by atoms with Crippen molar-refractivity contribution in [2.75, 3.05) is 0 Å². The fourth-order valence-electron chi connectivity index (χ4n) is 6.28. The third kappa shape index (κ3) is 1.53. The van der Waals surface area contributed by atoms with Gasteiger partial charge in [-0.05, 0) is 75.0 Å². The molecule has 1 unspecified atom stereocenters. The number of nitrogens with zero attached hydrogens (tertiary/aromatic N) is 1. The van der Waals surface area contributed by atoms with Crippen molar-refractivity contribution in [1.82, 2.24) is 10.2 Å². The van der Waals surface area contributed by atoms with E-state index in [2.05, 4.69) is 5.10 Å². The van der Waals surface area contributed by atoms with E-state index in [1.807, 2.05) is 0 Å². The van der Waals surface area contributed by atoms with Crippen LogP contribution in [0.25, 0.3) is 0 Å². The molecule has 0 spiro atoms. The highest BCUT2D eigenvalue weighted by Crippen LogP contribution is 2.60. The van der Waals surface area contributed by atoms with E-state index in [0.717, 1.165) is 42.4 Å². The lowest BCUT2D eigenvalue weighted by Crippen LogP contribution is -2.44. The molecule has 108 valence electrons. The third-order valence-electron chi connectivity index (χ3n) is 6.77. The molecule has 4 bridgehead atoms. The maximum Gasteiger partial charge on any atom is 0.0709 e. The number of nitrogens with one attached hydrogen (secondary N) is 1. The van der Waals surface area contributed by atoms with Crippen LogP contribution in [-0.4, -0.2) is 10.2 Å². The van der Waals surface area contributed by atoms with Gasteiger partial charge in [-0.1, -0.05) is 0 Å². The molecule has 1 heterocycles. The SMILES string of the molecule is NC1CCCc2[nH]nc(C3C4CC5CC(C4)CC3C5)c21. The topological polar surface area (TPSA) is 54.7 Å². The summed E-state index contributed by atoms with van der Waals surface area (Å²) in [4.78, 5) is 0. The minimum Gasteiger partial charge on any atom is -0.324 e. The average Bonchev–Trinajstić information content (AvgIpc) is 2.83. The largest absolute Gasteiger partial charge is 0.324 e. The number of fused-ring (bicyclic) bond motifs is 1. The molecule has 5 aliphatic rings. The van der Waals surface area contributed by atoms with Crippen LogP contribution in [0.5, 0.6) is 0 Å². The molecule has 3 N–H and O–H groups in total. The predicted molar refractivity (Wildman–Crippen MR) is 78.2 cm³/mol. The van der Waals surface area contributed by atoms with Gasteiger partial charge in [0.1, 0.15) is 0 Å². The maximum absolute atomic E-state index is 6.42. The fourth-order valence-corrected chi connectivity index (χ4v) is 6.28. The van der Waals surface area contributed by atoms with E-state index in [1.165, 1.54) is 55.5 Å². The van der Waals surface area contributed by atoms with E-state index in [-0.39, 0.29) is 6.04 Å². The summed E-state index contributed by atoms with van der Waals surface area (Å²) in [5.41, 5.74) is 10.6. The summed E-state index contributed by atoms with van der Waals surface area (Å²) in [6.07, 6.45) is 10.9. The number of aryl methyl sites for hydroxylation is 1. The van der Waals surface area contributed by atoms with Gasteiger partial charge in [0.15, 0.2) is 0 Å². The van der Waals surface area contributed by atoms with Gasteiger partial charge in [0.05, 0.1) is 5.69 Å². The zero-order valence-corrected chi connectivity index (χ0v) is 12.1. The van der Waals surface area contributed by atoms with Crippen LogP contribution in [0.1, 0.15) is 73.9 Å². The molecule has 20 heavy (non-hydrogen) atoms. The van der Waals surface area contributed by atoms with Gasteiger partial charge in [0.25, 0.3) is 0 Å². The van der Waals surface area contributed by atoms with Crippen molar-refractivity contribution < 1.29 is 0 Å². The second-order valence-electron chi connectivity index (χ2n) is 7.96. The number of nitrogens with two attached hydrogens (primary N) is 1. The van der Waals surface area contributed by atoms with E-state index < -0.39 is 0 Å². The highest BCUT2D eigenvalue weighted by Gasteiger charge is 2.50. The molecule has 3 nitrogen and oxygen atoms in total. The van der Waals surface area contributed by atoms with Crippen LogP contribution in [0.3, 0.4) is 0 Å². The number of aromatic amines is 1. The molecule has 6 rings (SSSR count). The van der Waals surface area contributed by atoms with Crippen molar-refractivity contribution in [3.05, 3.63) is 17.0 Å². The van der Waals surface area contributed by atoms with Crippen LogP contribution in [0.2, 0.25) is 0 Å². The number of hydrogen-bond acceptors (Lipinski definition) is 2. The first-order valence-corrected chi connectivity index (χ1v) is 8.62. The lowest BCUT2D eigenvalue weighted by Gasteiger charge is -2.54. The number of rotatable bonds is 1. The summed E-state index contributed by atoms with van der Waals surface area (Å²) in [6, 6.07) is 0.240. The first kappa shape index (κ1) is 11.8. The van der Waals surface area contributed by atoms with Crippen molar-refractivity contribution in [3.8, 4) is 0 Å². The van der Waals surface area contributed by atoms with Crippen LogP contribution < -0.4 is 5.73 Å². The van der Waals surface area contributed by atoms with Gasteiger partial charge in [-0.15, -0.1) is 0 Å². The molecule has 0 saturated heterocycles. The Morgan fingerprint density at radius 2 is 1.70 bits per heavy atom. The van der Waals surface area contributed by atoms with Gasteiger partial charge in [0, 0.05) is 23.2 Å². The maximum atomic E-state index is 6.42. The van der Waals surface area contributed by atoms with Crippen molar-refractivity contribution >= 4 is 0 Å². The quantitative estimate of drug-likeness (QED) is 0.823. The number of H-pyrrole nitrogens is 1. The summed E-state index contributed by atoms with van der Waals surface area (Å²) in [5.74, 6) is 4.63. The highest BCUT2D eigenvalue weighted by atomic mass is 15.1. The van der Waals surface area contributed by atoms with Crippen LogP contribution >= 0.6 is 0 Å².